The van der Waals surface area contributed by atoms with Gasteiger partial charge in [0.15, 0.2) is 0 Å². The molecular formula is C16H23N3O2. The van der Waals surface area contributed by atoms with Gasteiger partial charge in [-0.15, -0.1) is 0 Å². The van der Waals surface area contributed by atoms with Gasteiger partial charge in [-0.25, -0.2) is 0 Å². The van der Waals surface area contributed by atoms with Crippen LogP contribution >= 0.6 is 0 Å². The molecular weight excluding hydrogens is 266 g/mol. The van der Waals surface area contributed by atoms with Crippen molar-refractivity contribution >= 4 is 11.8 Å². The molecule has 0 radical (unpaired) electrons. The zero-order chi connectivity index (χ0) is 15.1. The predicted octanol–water partition coefficient (Wildman–Crippen LogP) is 1.77. The molecule has 3 N–H and O–H groups in total. The number of benzene rings is 1. The van der Waals surface area contributed by atoms with E-state index in [0.717, 1.165) is 32.5 Å². The van der Waals surface area contributed by atoms with E-state index in [4.69, 9.17) is 15.9 Å². The Morgan fingerprint density at radius 3 is 2.86 bits per heavy atom. The Kier molecular flexibility index (Phi) is 5.75. The number of carbonyl (C=O) groups excluding carboxylic acids is 1. The molecule has 1 fully saturated rings. The molecule has 0 aromatic heterocycles. The minimum absolute atomic E-state index is 0.111. The third-order valence-electron chi connectivity index (χ3n) is 3.67. The number of nitrogens with two attached hydrogens (primary N) is 1. The normalized spacial score (nSPS) is 19.1. The van der Waals surface area contributed by atoms with E-state index in [-0.39, 0.29) is 12.3 Å². The molecule has 2 rings (SSSR count). The average Bonchev–Trinajstić information content (AvgIpc) is 2.46. The molecule has 0 aliphatic carbocycles. The quantitative estimate of drug-likeness (QED) is 0.475. The summed E-state index contributed by atoms with van der Waals surface area (Å²) < 4.78 is 5.20. The number of amidine groups is 1. The summed E-state index contributed by atoms with van der Waals surface area (Å²) in [7, 11) is 0. The van der Waals surface area contributed by atoms with E-state index in [1.165, 1.54) is 5.56 Å². The zero-order valence-electron chi connectivity index (χ0n) is 12.3. The van der Waals surface area contributed by atoms with Crippen molar-refractivity contribution in [3.05, 3.63) is 35.9 Å². The second kappa shape index (κ2) is 7.78. The van der Waals surface area contributed by atoms with Crippen molar-refractivity contribution in [1.29, 1.82) is 5.41 Å². The number of ether oxygens (including phenoxy) is 1. The van der Waals surface area contributed by atoms with E-state index in [1.54, 1.807) is 0 Å². The molecule has 0 saturated carbocycles. The lowest BCUT2D eigenvalue weighted by atomic mass is 9.98. The van der Waals surface area contributed by atoms with Crippen molar-refractivity contribution in [3.63, 3.8) is 0 Å². The monoisotopic (exact) mass is 289 g/mol. The topological polar surface area (TPSA) is 79.4 Å². The fourth-order valence-corrected chi connectivity index (χ4v) is 2.69. The zero-order valence-corrected chi connectivity index (χ0v) is 12.3. The van der Waals surface area contributed by atoms with Crippen molar-refractivity contribution in [2.45, 2.75) is 25.8 Å². The molecule has 0 bridgehead atoms. The Labute approximate surface area is 125 Å². The van der Waals surface area contributed by atoms with Gasteiger partial charge in [0.05, 0.1) is 6.61 Å². The van der Waals surface area contributed by atoms with Crippen LogP contribution in [-0.2, 0) is 16.1 Å². The van der Waals surface area contributed by atoms with Gasteiger partial charge < -0.3 is 10.5 Å². The Hall–Kier alpha value is -1.88. The van der Waals surface area contributed by atoms with Gasteiger partial charge in [-0.1, -0.05) is 30.3 Å². The van der Waals surface area contributed by atoms with Crippen LogP contribution in [0.3, 0.4) is 0 Å². The minimum Gasteiger partial charge on any atom is -0.465 e. The number of nitrogens with zero attached hydrogens (tertiary/aromatic N) is 1. The number of hydrogen-bond acceptors (Lipinski definition) is 4. The maximum absolute atomic E-state index is 11.4. The van der Waals surface area contributed by atoms with Crippen LogP contribution in [0, 0.1) is 11.3 Å². The number of carbonyl (C=O) groups is 1. The van der Waals surface area contributed by atoms with Crippen molar-refractivity contribution in [1.82, 2.24) is 4.90 Å². The number of piperidine rings is 1. The molecule has 1 atom stereocenters. The van der Waals surface area contributed by atoms with E-state index in [1.807, 2.05) is 6.07 Å². The molecule has 5 heteroatoms. The molecule has 0 spiro atoms. The largest absolute Gasteiger partial charge is 0.465 e. The van der Waals surface area contributed by atoms with Gasteiger partial charge in [0.1, 0.15) is 12.3 Å². The Morgan fingerprint density at radius 1 is 1.38 bits per heavy atom. The van der Waals surface area contributed by atoms with Crippen LogP contribution in [0.5, 0.6) is 0 Å². The predicted molar refractivity (Wildman–Crippen MR) is 81.9 cm³/mol. The molecule has 114 valence electrons. The summed E-state index contributed by atoms with van der Waals surface area (Å²) in [5, 5.41) is 7.07. The number of esters is 1. The van der Waals surface area contributed by atoms with Gasteiger partial charge in [0.2, 0.25) is 0 Å². The van der Waals surface area contributed by atoms with Gasteiger partial charge in [-0.3, -0.25) is 15.1 Å². The molecule has 1 aliphatic rings. The minimum atomic E-state index is -0.400. The third kappa shape index (κ3) is 5.55. The second-order valence-corrected chi connectivity index (χ2v) is 5.61. The molecule has 1 unspecified atom stereocenters. The molecule has 1 aromatic carbocycles. The fraction of sp³-hybridized carbons (Fsp3) is 0.500. The van der Waals surface area contributed by atoms with Crippen molar-refractivity contribution < 1.29 is 9.53 Å². The Balaban J connectivity index is 1.75. The first-order valence-corrected chi connectivity index (χ1v) is 7.38. The summed E-state index contributed by atoms with van der Waals surface area (Å²) in [5.41, 5.74) is 6.50. The average molecular weight is 289 g/mol. The van der Waals surface area contributed by atoms with Crippen molar-refractivity contribution in [2.75, 3.05) is 19.7 Å². The van der Waals surface area contributed by atoms with Crippen LogP contribution in [0.2, 0.25) is 0 Å². The molecule has 21 heavy (non-hydrogen) atoms. The maximum atomic E-state index is 11.4. The van der Waals surface area contributed by atoms with Crippen LogP contribution in [-0.4, -0.2) is 36.4 Å². The highest BCUT2D eigenvalue weighted by Gasteiger charge is 2.21. The third-order valence-corrected chi connectivity index (χ3v) is 3.67. The molecule has 1 aliphatic heterocycles. The maximum Gasteiger partial charge on any atom is 0.313 e. The van der Waals surface area contributed by atoms with Crippen LogP contribution in [0.15, 0.2) is 30.3 Å². The SMILES string of the molecule is N=C(N)CC(=O)OCC1CCCN(Cc2ccccc2)C1. The van der Waals surface area contributed by atoms with Crippen LogP contribution in [0.25, 0.3) is 0 Å². The number of hydrogen-bond donors (Lipinski definition) is 2. The van der Waals surface area contributed by atoms with Gasteiger partial charge in [-0.05, 0) is 24.9 Å². The Bertz CT molecular complexity index is 476. The van der Waals surface area contributed by atoms with E-state index < -0.39 is 5.97 Å². The number of nitrogens with one attached hydrogen (secondary N) is 1. The van der Waals surface area contributed by atoms with E-state index in [9.17, 15) is 4.79 Å². The van der Waals surface area contributed by atoms with Crippen LogP contribution < -0.4 is 5.73 Å². The standard InChI is InChI=1S/C16H23N3O2/c17-15(18)9-16(20)21-12-14-7-4-8-19(11-14)10-13-5-2-1-3-6-13/h1-3,5-6,14H,4,7-12H2,(H3,17,18). The molecule has 0 amide bonds. The highest BCUT2D eigenvalue weighted by molar-refractivity contribution is 5.94. The first-order valence-electron chi connectivity index (χ1n) is 7.38. The molecule has 1 aromatic rings. The Morgan fingerprint density at radius 2 is 2.14 bits per heavy atom. The van der Waals surface area contributed by atoms with Gasteiger partial charge in [0.25, 0.3) is 0 Å². The summed E-state index contributed by atoms with van der Waals surface area (Å²) in [4.78, 5) is 13.8. The number of likely N-dealkylation sites (tertiary alicyclic amines) is 1. The highest BCUT2D eigenvalue weighted by atomic mass is 16.5. The van der Waals surface area contributed by atoms with Crippen molar-refractivity contribution in [2.24, 2.45) is 11.7 Å². The van der Waals surface area contributed by atoms with Crippen LogP contribution in [0.4, 0.5) is 0 Å². The smallest absolute Gasteiger partial charge is 0.313 e. The van der Waals surface area contributed by atoms with E-state index in [0.29, 0.717) is 12.5 Å². The lowest BCUT2D eigenvalue weighted by Gasteiger charge is -2.32. The number of rotatable bonds is 6. The van der Waals surface area contributed by atoms with Gasteiger partial charge in [0, 0.05) is 19.0 Å². The first kappa shape index (κ1) is 15.5. The van der Waals surface area contributed by atoms with Gasteiger partial charge >= 0.3 is 5.97 Å². The van der Waals surface area contributed by atoms with E-state index in [2.05, 4.69) is 29.2 Å². The summed E-state index contributed by atoms with van der Waals surface area (Å²) in [5.74, 6) is -0.171. The second-order valence-electron chi connectivity index (χ2n) is 5.61. The summed E-state index contributed by atoms with van der Waals surface area (Å²) in [6.45, 7) is 3.41. The summed E-state index contributed by atoms with van der Waals surface area (Å²) >= 11 is 0. The molecule has 5 nitrogen and oxygen atoms in total. The lowest BCUT2D eigenvalue weighted by molar-refractivity contribution is -0.144. The highest BCUT2D eigenvalue weighted by Crippen LogP contribution is 2.19. The molecule has 1 saturated heterocycles. The van der Waals surface area contributed by atoms with Gasteiger partial charge in [-0.2, -0.15) is 0 Å². The van der Waals surface area contributed by atoms with Crippen molar-refractivity contribution in [3.8, 4) is 0 Å². The summed E-state index contributed by atoms with van der Waals surface area (Å²) in [6.07, 6.45) is 2.10. The summed E-state index contributed by atoms with van der Waals surface area (Å²) in [6, 6.07) is 10.4. The first-order chi connectivity index (χ1) is 10.1. The molecule has 1 heterocycles. The van der Waals surface area contributed by atoms with E-state index >= 15 is 0 Å². The van der Waals surface area contributed by atoms with Crippen LogP contribution in [0.1, 0.15) is 24.8 Å². The lowest BCUT2D eigenvalue weighted by Crippen LogP contribution is -2.37. The fourth-order valence-electron chi connectivity index (χ4n) is 2.69.